The number of amides is 3. The number of para-hydroxylation sites is 2. The number of carbonyl (C=O) groups is 2. The van der Waals surface area contributed by atoms with Gasteiger partial charge < -0.3 is 15.2 Å². The maximum atomic E-state index is 12.0. The fourth-order valence-corrected chi connectivity index (χ4v) is 1.98. The van der Waals surface area contributed by atoms with Crippen molar-refractivity contribution < 1.29 is 19.1 Å². The Morgan fingerprint density at radius 3 is 1.74 bits per heavy atom. The van der Waals surface area contributed by atoms with Crippen LogP contribution in [-0.4, -0.2) is 18.2 Å². The van der Waals surface area contributed by atoms with Gasteiger partial charge in [-0.3, -0.25) is 10.1 Å². The lowest BCUT2D eigenvalue weighted by Gasteiger charge is -2.20. The number of nitrogens with two attached hydrogens (primary N) is 1. The van der Waals surface area contributed by atoms with E-state index in [1.807, 2.05) is 5.32 Å². The molecule has 0 spiro atoms. The van der Waals surface area contributed by atoms with E-state index in [9.17, 15) is 9.59 Å². The maximum absolute atomic E-state index is 12.0. The van der Waals surface area contributed by atoms with Crippen LogP contribution in [0.15, 0.2) is 48.5 Å². The van der Waals surface area contributed by atoms with Gasteiger partial charge in [0.15, 0.2) is 0 Å². The molecule has 0 heterocycles. The van der Waals surface area contributed by atoms with Crippen LogP contribution in [0.5, 0.6) is 11.5 Å². The average Bonchev–Trinajstić information content (AvgIpc) is 2.50. The molecule has 0 aromatic heterocycles. The van der Waals surface area contributed by atoms with Gasteiger partial charge in [-0.25, -0.2) is 4.79 Å². The van der Waals surface area contributed by atoms with Gasteiger partial charge in [0.05, 0.1) is 10.0 Å². The summed E-state index contributed by atoms with van der Waals surface area (Å²) in [4.78, 5) is 22.9. The summed E-state index contributed by atoms with van der Waals surface area (Å²) in [5.74, 6) is -0.492. The average molecular weight is 355 g/mol. The Morgan fingerprint density at radius 2 is 1.35 bits per heavy atom. The quantitative estimate of drug-likeness (QED) is 0.807. The fraction of sp³-hybridized carbons (Fsp3) is 0.0667. The first-order chi connectivity index (χ1) is 11.0. The van der Waals surface area contributed by atoms with E-state index in [-0.39, 0.29) is 21.5 Å². The molecule has 120 valence electrons. The number of benzene rings is 2. The number of hydrogen-bond donors (Lipinski definition) is 2. The number of hydrogen-bond acceptors (Lipinski definition) is 4. The van der Waals surface area contributed by atoms with Gasteiger partial charge in [-0.15, -0.1) is 0 Å². The van der Waals surface area contributed by atoms with Gasteiger partial charge in [0.2, 0.25) is 0 Å². The molecule has 0 saturated heterocycles. The van der Waals surface area contributed by atoms with E-state index < -0.39 is 18.2 Å². The van der Waals surface area contributed by atoms with Crippen molar-refractivity contribution in [2.75, 3.05) is 0 Å². The van der Waals surface area contributed by atoms with Crippen LogP contribution in [0.3, 0.4) is 0 Å². The Morgan fingerprint density at radius 1 is 0.913 bits per heavy atom. The van der Waals surface area contributed by atoms with E-state index in [0.29, 0.717) is 0 Å². The van der Waals surface area contributed by atoms with E-state index in [1.165, 1.54) is 0 Å². The second kappa shape index (κ2) is 7.71. The van der Waals surface area contributed by atoms with E-state index in [0.717, 1.165) is 0 Å². The predicted molar refractivity (Wildman–Crippen MR) is 85.7 cm³/mol. The van der Waals surface area contributed by atoms with Gasteiger partial charge in [0.25, 0.3) is 0 Å². The molecular formula is C15H12Cl2N2O4. The van der Waals surface area contributed by atoms with Gasteiger partial charge >= 0.3 is 18.2 Å². The summed E-state index contributed by atoms with van der Waals surface area (Å²) >= 11 is 12.0. The van der Waals surface area contributed by atoms with Crippen molar-refractivity contribution in [3.63, 3.8) is 0 Å². The normalized spacial score (nSPS) is 10.2. The largest absolute Gasteiger partial charge is 0.445 e. The third kappa shape index (κ3) is 4.77. The van der Waals surface area contributed by atoms with Crippen molar-refractivity contribution in [3.8, 4) is 11.5 Å². The molecule has 2 rings (SSSR count). The lowest BCUT2D eigenvalue weighted by atomic mass is 10.3. The van der Waals surface area contributed by atoms with Crippen molar-refractivity contribution in [2.45, 2.75) is 6.29 Å². The molecule has 2 aromatic carbocycles. The van der Waals surface area contributed by atoms with Crippen LogP contribution < -0.4 is 20.5 Å². The SMILES string of the molecule is NC(=O)NC(=O)C(Oc1ccccc1Cl)Oc1ccccc1Cl. The summed E-state index contributed by atoms with van der Waals surface area (Å²) < 4.78 is 10.9. The number of nitrogens with one attached hydrogen (secondary N) is 1. The summed E-state index contributed by atoms with van der Waals surface area (Å²) in [6, 6.07) is 11.9. The number of primary amides is 1. The minimum Gasteiger partial charge on any atom is -0.445 e. The van der Waals surface area contributed by atoms with Gasteiger partial charge in [0, 0.05) is 0 Å². The number of rotatable bonds is 5. The van der Waals surface area contributed by atoms with Crippen molar-refractivity contribution in [1.82, 2.24) is 5.32 Å². The molecule has 0 aliphatic heterocycles. The Hall–Kier alpha value is -2.44. The number of carbonyl (C=O) groups excluding carboxylic acids is 2. The van der Waals surface area contributed by atoms with Gasteiger partial charge in [-0.2, -0.15) is 0 Å². The van der Waals surface area contributed by atoms with Crippen LogP contribution >= 0.6 is 23.2 Å². The number of halogens is 2. The van der Waals surface area contributed by atoms with Crippen LogP contribution in [0.1, 0.15) is 0 Å². The molecule has 0 aliphatic carbocycles. The molecular weight excluding hydrogens is 343 g/mol. The fourth-order valence-electron chi connectivity index (χ4n) is 1.62. The maximum Gasteiger partial charge on any atom is 0.322 e. The Balaban J connectivity index is 2.25. The highest BCUT2D eigenvalue weighted by Gasteiger charge is 2.25. The minimum atomic E-state index is -1.51. The zero-order valence-corrected chi connectivity index (χ0v) is 13.2. The van der Waals surface area contributed by atoms with Gasteiger partial charge in [-0.05, 0) is 24.3 Å². The molecule has 0 aliphatic rings. The zero-order valence-electron chi connectivity index (χ0n) is 11.7. The standard InChI is InChI=1S/C15H12Cl2N2O4/c16-9-5-1-3-7-11(9)22-14(13(20)19-15(18)21)23-12-8-4-2-6-10(12)17/h1-8,14H,(H3,18,19,20,21). The molecule has 0 bridgehead atoms. The molecule has 23 heavy (non-hydrogen) atoms. The van der Waals surface area contributed by atoms with Gasteiger partial charge in [0.1, 0.15) is 11.5 Å². The Kier molecular flexibility index (Phi) is 5.67. The van der Waals surface area contributed by atoms with E-state index >= 15 is 0 Å². The highest BCUT2D eigenvalue weighted by atomic mass is 35.5. The topological polar surface area (TPSA) is 90.7 Å². The lowest BCUT2D eigenvalue weighted by molar-refractivity contribution is -0.139. The summed E-state index contributed by atoms with van der Waals surface area (Å²) in [5.41, 5.74) is 4.94. The second-order valence-corrected chi connectivity index (χ2v) is 5.10. The third-order valence-electron chi connectivity index (χ3n) is 2.60. The molecule has 3 amide bonds. The van der Waals surface area contributed by atoms with Crippen molar-refractivity contribution in [2.24, 2.45) is 5.73 Å². The predicted octanol–water partition coefficient (Wildman–Crippen LogP) is 2.97. The third-order valence-corrected chi connectivity index (χ3v) is 3.23. The zero-order chi connectivity index (χ0) is 16.8. The van der Waals surface area contributed by atoms with Gasteiger partial charge in [-0.1, -0.05) is 47.5 Å². The Bertz CT molecular complexity index is 677. The van der Waals surface area contributed by atoms with E-state index in [2.05, 4.69) is 0 Å². The van der Waals surface area contributed by atoms with Crippen LogP contribution in [-0.2, 0) is 4.79 Å². The van der Waals surface area contributed by atoms with Crippen LogP contribution in [0.25, 0.3) is 0 Å². The molecule has 8 heteroatoms. The minimum absolute atomic E-state index is 0.200. The first-order valence-corrected chi connectivity index (χ1v) is 7.15. The molecule has 0 radical (unpaired) electrons. The summed E-state index contributed by atoms with van der Waals surface area (Å²) in [6.07, 6.45) is -1.51. The molecule has 3 N–H and O–H groups in total. The Labute approximate surface area is 142 Å². The lowest BCUT2D eigenvalue weighted by Crippen LogP contribution is -2.46. The molecule has 0 unspecified atom stereocenters. The highest BCUT2D eigenvalue weighted by molar-refractivity contribution is 6.32. The van der Waals surface area contributed by atoms with Crippen LogP contribution in [0.2, 0.25) is 10.0 Å². The summed E-state index contributed by atoms with van der Waals surface area (Å²) in [5, 5.41) is 2.43. The molecule has 0 fully saturated rings. The van der Waals surface area contributed by atoms with E-state index in [1.54, 1.807) is 48.5 Å². The first-order valence-electron chi connectivity index (χ1n) is 6.40. The molecule has 0 saturated carbocycles. The second-order valence-electron chi connectivity index (χ2n) is 4.28. The first kappa shape index (κ1) is 16.9. The van der Waals surface area contributed by atoms with Crippen LogP contribution in [0.4, 0.5) is 4.79 Å². The van der Waals surface area contributed by atoms with E-state index in [4.69, 9.17) is 38.4 Å². The molecule has 2 aromatic rings. The highest BCUT2D eigenvalue weighted by Crippen LogP contribution is 2.28. The molecule has 0 atom stereocenters. The monoisotopic (exact) mass is 354 g/mol. The van der Waals surface area contributed by atoms with Crippen molar-refractivity contribution in [3.05, 3.63) is 58.6 Å². The number of imide groups is 1. The number of urea groups is 1. The van der Waals surface area contributed by atoms with Crippen molar-refractivity contribution in [1.29, 1.82) is 0 Å². The summed E-state index contributed by atoms with van der Waals surface area (Å²) in [7, 11) is 0. The van der Waals surface area contributed by atoms with Crippen molar-refractivity contribution >= 4 is 35.1 Å². The summed E-state index contributed by atoms with van der Waals surface area (Å²) in [6.45, 7) is 0. The smallest absolute Gasteiger partial charge is 0.322 e. The van der Waals surface area contributed by atoms with Crippen LogP contribution in [0, 0.1) is 0 Å². The molecule has 6 nitrogen and oxygen atoms in total. The number of ether oxygens (including phenoxy) is 2.